The average molecular weight is 237 g/mol. The van der Waals surface area contributed by atoms with Gasteiger partial charge in [0.1, 0.15) is 0 Å². The topological polar surface area (TPSA) is 3.24 Å². The van der Waals surface area contributed by atoms with Crippen LogP contribution in [0.15, 0.2) is 48.1 Å². The van der Waals surface area contributed by atoms with Gasteiger partial charge >= 0.3 is 0 Å². The second-order valence-corrected chi connectivity index (χ2v) is 5.94. The van der Waals surface area contributed by atoms with Gasteiger partial charge in [-0.25, -0.2) is 0 Å². The summed E-state index contributed by atoms with van der Waals surface area (Å²) >= 11 is 0. The Balaban J connectivity index is 1.98. The molecule has 2 aliphatic carbocycles. The van der Waals surface area contributed by atoms with E-state index in [1.165, 1.54) is 25.8 Å². The summed E-state index contributed by atoms with van der Waals surface area (Å²) in [6.07, 6.45) is 10.7. The molecule has 1 heteroatoms. The Morgan fingerprint density at radius 1 is 1.28 bits per heavy atom. The Kier molecular flexibility index (Phi) is 2.10. The number of hydrogen-bond donors (Lipinski definition) is 0. The van der Waals surface area contributed by atoms with Crippen LogP contribution in [-0.2, 0) is 11.8 Å². The van der Waals surface area contributed by atoms with Crippen LogP contribution in [0.3, 0.4) is 0 Å². The number of fused-ring (bicyclic) bond motifs is 1. The molecule has 0 unspecified atom stereocenters. The third-order valence-electron chi connectivity index (χ3n) is 5.16. The van der Waals surface area contributed by atoms with Crippen LogP contribution in [0, 0.1) is 0 Å². The quantitative estimate of drug-likeness (QED) is 0.670. The summed E-state index contributed by atoms with van der Waals surface area (Å²) < 4.78 is 0. The second kappa shape index (κ2) is 3.58. The Hall–Kier alpha value is -1.34. The first-order valence-electron chi connectivity index (χ1n) is 6.97. The minimum Gasteiger partial charge on any atom is -0.299 e. The van der Waals surface area contributed by atoms with E-state index in [-0.39, 0.29) is 0 Å². The van der Waals surface area contributed by atoms with E-state index in [0.29, 0.717) is 11.5 Å². The molecule has 1 nitrogen and oxygen atoms in total. The molecule has 0 saturated carbocycles. The van der Waals surface area contributed by atoms with Gasteiger partial charge in [0.05, 0.1) is 0 Å². The van der Waals surface area contributed by atoms with Crippen molar-refractivity contribution >= 4 is 0 Å². The molecule has 4 rings (SSSR count). The number of hydrogen-bond acceptors (Lipinski definition) is 1. The maximum atomic E-state index is 2.54. The normalized spacial score (nSPS) is 33.6. The molecule has 2 bridgehead atoms. The first kappa shape index (κ1) is 10.6. The molecular weight excluding hydrogens is 218 g/mol. The van der Waals surface area contributed by atoms with E-state index in [9.17, 15) is 0 Å². The summed E-state index contributed by atoms with van der Waals surface area (Å²) in [5.41, 5.74) is 5.16. The number of rotatable bonds is 0. The third kappa shape index (κ3) is 1.20. The van der Waals surface area contributed by atoms with Gasteiger partial charge in [-0.1, -0.05) is 42.5 Å². The number of allylic oxidation sites excluding steroid dienone is 3. The zero-order chi connectivity index (χ0) is 12.2. The highest BCUT2D eigenvalue weighted by Gasteiger charge is 2.48. The number of nitrogens with zero attached hydrogens (tertiary/aromatic N) is 1. The maximum Gasteiger partial charge on any atom is 0.0357 e. The Bertz CT molecular complexity index is 554. The molecule has 0 amide bonds. The van der Waals surface area contributed by atoms with Crippen LogP contribution in [0.2, 0.25) is 0 Å². The van der Waals surface area contributed by atoms with Crippen molar-refractivity contribution in [3.63, 3.8) is 0 Å². The number of likely N-dealkylation sites (N-methyl/N-ethyl adjacent to an activating group) is 1. The maximum absolute atomic E-state index is 2.54. The zero-order valence-electron chi connectivity index (χ0n) is 10.9. The molecule has 0 N–H and O–H groups in total. The van der Waals surface area contributed by atoms with E-state index in [1.54, 1.807) is 16.7 Å². The molecule has 3 aliphatic rings. The van der Waals surface area contributed by atoms with Crippen molar-refractivity contribution in [2.24, 2.45) is 0 Å². The highest BCUT2D eigenvalue weighted by atomic mass is 15.1. The van der Waals surface area contributed by atoms with Crippen LogP contribution in [-0.4, -0.2) is 24.5 Å². The van der Waals surface area contributed by atoms with Gasteiger partial charge in [-0.05, 0) is 49.6 Å². The van der Waals surface area contributed by atoms with Gasteiger partial charge < -0.3 is 0 Å². The van der Waals surface area contributed by atoms with Gasteiger partial charge in [-0.2, -0.15) is 0 Å². The lowest BCUT2D eigenvalue weighted by Gasteiger charge is -2.53. The minimum absolute atomic E-state index is 0.320. The highest BCUT2D eigenvalue weighted by molar-refractivity contribution is 5.52. The van der Waals surface area contributed by atoms with Crippen molar-refractivity contribution in [1.29, 1.82) is 0 Å². The predicted octanol–water partition coefficient (Wildman–Crippen LogP) is 3.07. The van der Waals surface area contributed by atoms with Gasteiger partial charge in [0, 0.05) is 11.5 Å². The standard InChI is InChI=1S/C17H19N/c1-18-11-10-17-9-5-4-8-15(17)16(18)12-13-6-2-3-7-14(13)17/h2-8,16H,9-12H2,1H3/t16-,17+/m1/s1. The average Bonchev–Trinajstić information content (AvgIpc) is 2.43. The molecule has 1 fully saturated rings. The molecule has 1 heterocycles. The van der Waals surface area contributed by atoms with Crippen LogP contribution in [0.25, 0.3) is 0 Å². The summed E-state index contributed by atoms with van der Waals surface area (Å²) in [5.74, 6) is 0. The van der Waals surface area contributed by atoms with Gasteiger partial charge in [-0.3, -0.25) is 4.90 Å². The molecule has 0 spiro atoms. The molecule has 1 aliphatic heterocycles. The first-order valence-corrected chi connectivity index (χ1v) is 6.97. The van der Waals surface area contributed by atoms with Crippen molar-refractivity contribution in [3.05, 3.63) is 59.2 Å². The molecular formula is C17H19N. The summed E-state index contributed by atoms with van der Waals surface area (Å²) in [4.78, 5) is 2.54. The van der Waals surface area contributed by atoms with E-state index < -0.39 is 0 Å². The number of piperidine rings is 1. The minimum atomic E-state index is 0.320. The Morgan fingerprint density at radius 2 is 2.17 bits per heavy atom. The fourth-order valence-corrected chi connectivity index (χ4v) is 4.19. The predicted molar refractivity (Wildman–Crippen MR) is 74.7 cm³/mol. The highest BCUT2D eigenvalue weighted by Crippen LogP contribution is 2.51. The van der Waals surface area contributed by atoms with Crippen molar-refractivity contribution in [2.45, 2.75) is 30.7 Å². The summed E-state index contributed by atoms with van der Waals surface area (Å²) in [6.45, 7) is 1.23. The molecule has 1 saturated heterocycles. The molecule has 0 aromatic heterocycles. The van der Waals surface area contributed by atoms with Crippen molar-refractivity contribution in [3.8, 4) is 0 Å². The Labute approximate surface area is 109 Å². The molecule has 0 radical (unpaired) electrons. The largest absolute Gasteiger partial charge is 0.299 e. The number of benzene rings is 1. The van der Waals surface area contributed by atoms with E-state index >= 15 is 0 Å². The van der Waals surface area contributed by atoms with E-state index in [1.807, 2.05) is 0 Å². The van der Waals surface area contributed by atoms with Crippen molar-refractivity contribution in [2.75, 3.05) is 13.6 Å². The van der Waals surface area contributed by atoms with Gasteiger partial charge in [0.25, 0.3) is 0 Å². The second-order valence-electron chi connectivity index (χ2n) is 5.94. The SMILES string of the molecule is CN1CC[C@]23CC=CC=C2[C@H]1Cc1ccccc13. The van der Waals surface area contributed by atoms with Gasteiger partial charge in [-0.15, -0.1) is 0 Å². The van der Waals surface area contributed by atoms with Crippen LogP contribution in [0.5, 0.6) is 0 Å². The van der Waals surface area contributed by atoms with Crippen molar-refractivity contribution in [1.82, 2.24) is 4.90 Å². The fraction of sp³-hybridized carbons (Fsp3) is 0.412. The van der Waals surface area contributed by atoms with E-state index in [0.717, 1.165) is 0 Å². The lowest BCUT2D eigenvalue weighted by molar-refractivity contribution is 0.167. The lowest BCUT2D eigenvalue weighted by Crippen LogP contribution is -2.54. The first-order chi connectivity index (χ1) is 8.81. The van der Waals surface area contributed by atoms with Gasteiger partial charge in [0.15, 0.2) is 0 Å². The monoisotopic (exact) mass is 237 g/mol. The van der Waals surface area contributed by atoms with Crippen LogP contribution < -0.4 is 0 Å². The Morgan fingerprint density at radius 3 is 3.11 bits per heavy atom. The zero-order valence-corrected chi connectivity index (χ0v) is 10.9. The molecule has 18 heavy (non-hydrogen) atoms. The molecule has 2 atom stereocenters. The van der Waals surface area contributed by atoms with Gasteiger partial charge in [0.2, 0.25) is 0 Å². The van der Waals surface area contributed by atoms with E-state index in [2.05, 4.69) is 54.4 Å². The lowest BCUT2D eigenvalue weighted by atomic mass is 9.58. The van der Waals surface area contributed by atoms with Crippen LogP contribution in [0.1, 0.15) is 24.0 Å². The van der Waals surface area contributed by atoms with Crippen LogP contribution >= 0.6 is 0 Å². The molecule has 92 valence electrons. The third-order valence-corrected chi connectivity index (χ3v) is 5.16. The number of likely N-dealkylation sites (tertiary alicyclic amines) is 1. The van der Waals surface area contributed by atoms with E-state index in [4.69, 9.17) is 0 Å². The smallest absolute Gasteiger partial charge is 0.0357 e. The van der Waals surface area contributed by atoms with Crippen LogP contribution in [0.4, 0.5) is 0 Å². The summed E-state index contributed by atoms with van der Waals surface area (Å²) in [6, 6.07) is 9.72. The molecule has 1 aromatic carbocycles. The summed E-state index contributed by atoms with van der Waals surface area (Å²) in [5, 5.41) is 0. The summed E-state index contributed by atoms with van der Waals surface area (Å²) in [7, 11) is 2.28. The molecule has 1 aromatic rings. The van der Waals surface area contributed by atoms with Crippen molar-refractivity contribution < 1.29 is 0 Å². The fourth-order valence-electron chi connectivity index (χ4n) is 4.19.